The molecule has 1 fully saturated rings. The van der Waals surface area contributed by atoms with Gasteiger partial charge in [0.15, 0.2) is 0 Å². The maximum atomic E-state index is 3.52. The second-order valence-electron chi connectivity index (χ2n) is 6.35. The molecule has 0 amide bonds. The second kappa shape index (κ2) is 8.13. The van der Waals surface area contributed by atoms with Gasteiger partial charge in [-0.3, -0.25) is 4.90 Å². The summed E-state index contributed by atoms with van der Waals surface area (Å²) in [6.45, 7) is 20.0. The molecule has 1 heterocycles. The Hall–Kier alpha value is -0.120. The minimum absolute atomic E-state index is 0.700. The van der Waals surface area contributed by atoms with Gasteiger partial charge in [0.1, 0.15) is 0 Å². The van der Waals surface area contributed by atoms with Gasteiger partial charge in [-0.2, -0.15) is 0 Å². The number of rotatable bonds is 7. The van der Waals surface area contributed by atoms with Crippen LogP contribution in [0, 0.1) is 11.8 Å². The van der Waals surface area contributed by atoms with Crippen molar-refractivity contribution in [2.45, 2.75) is 40.7 Å². The Balaban J connectivity index is 2.38. The van der Waals surface area contributed by atoms with Crippen molar-refractivity contribution in [2.75, 3.05) is 45.8 Å². The lowest BCUT2D eigenvalue weighted by molar-refractivity contribution is 0.0706. The zero-order valence-electron chi connectivity index (χ0n) is 13.1. The molecule has 0 aromatic carbocycles. The summed E-state index contributed by atoms with van der Waals surface area (Å²) in [6, 6.07) is 0.700. The van der Waals surface area contributed by atoms with E-state index in [0.29, 0.717) is 6.04 Å². The molecule has 3 heteroatoms. The smallest absolute Gasteiger partial charge is 0.0244 e. The SMILES string of the molecule is CCNCC(C(C)C)N1CCN(CC(C)C)CC1. The summed E-state index contributed by atoms with van der Waals surface area (Å²) < 4.78 is 0. The van der Waals surface area contributed by atoms with Crippen LogP contribution in [0.2, 0.25) is 0 Å². The first-order valence-electron chi connectivity index (χ1n) is 7.71. The third-order valence-electron chi connectivity index (χ3n) is 3.87. The highest BCUT2D eigenvalue weighted by molar-refractivity contribution is 4.82. The van der Waals surface area contributed by atoms with E-state index >= 15 is 0 Å². The normalized spacial score (nSPS) is 20.8. The van der Waals surface area contributed by atoms with Gasteiger partial charge in [-0.15, -0.1) is 0 Å². The molecule has 1 saturated heterocycles. The molecule has 18 heavy (non-hydrogen) atoms. The van der Waals surface area contributed by atoms with Crippen LogP contribution >= 0.6 is 0 Å². The van der Waals surface area contributed by atoms with Gasteiger partial charge in [-0.1, -0.05) is 34.6 Å². The third kappa shape index (κ3) is 5.25. The minimum atomic E-state index is 0.700. The van der Waals surface area contributed by atoms with Crippen molar-refractivity contribution in [3.05, 3.63) is 0 Å². The molecule has 1 aliphatic heterocycles. The van der Waals surface area contributed by atoms with Crippen LogP contribution in [0.1, 0.15) is 34.6 Å². The number of nitrogens with zero attached hydrogens (tertiary/aromatic N) is 2. The van der Waals surface area contributed by atoms with E-state index in [0.717, 1.165) is 24.9 Å². The highest BCUT2D eigenvalue weighted by atomic mass is 15.3. The summed E-state index contributed by atoms with van der Waals surface area (Å²) in [7, 11) is 0. The summed E-state index contributed by atoms with van der Waals surface area (Å²) >= 11 is 0. The lowest BCUT2D eigenvalue weighted by atomic mass is 10.0. The lowest BCUT2D eigenvalue weighted by Gasteiger charge is -2.41. The molecular weight excluding hydrogens is 222 g/mol. The van der Waals surface area contributed by atoms with Crippen LogP contribution in [-0.4, -0.2) is 61.7 Å². The lowest BCUT2D eigenvalue weighted by Crippen LogP contribution is -2.54. The first-order valence-corrected chi connectivity index (χ1v) is 7.71. The van der Waals surface area contributed by atoms with E-state index in [4.69, 9.17) is 0 Å². The van der Waals surface area contributed by atoms with Crippen molar-refractivity contribution in [3.8, 4) is 0 Å². The summed E-state index contributed by atoms with van der Waals surface area (Å²) in [5.41, 5.74) is 0. The fourth-order valence-corrected chi connectivity index (χ4v) is 2.87. The van der Waals surface area contributed by atoms with Crippen LogP contribution in [0.4, 0.5) is 0 Å². The van der Waals surface area contributed by atoms with E-state index in [1.165, 1.54) is 32.7 Å². The Morgan fingerprint density at radius 2 is 1.61 bits per heavy atom. The topological polar surface area (TPSA) is 18.5 Å². The van der Waals surface area contributed by atoms with Gasteiger partial charge in [0, 0.05) is 45.3 Å². The van der Waals surface area contributed by atoms with Crippen LogP contribution in [0.25, 0.3) is 0 Å². The van der Waals surface area contributed by atoms with E-state index in [9.17, 15) is 0 Å². The van der Waals surface area contributed by atoms with Gasteiger partial charge in [0.05, 0.1) is 0 Å². The summed E-state index contributed by atoms with van der Waals surface area (Å²) in [6.07, 6.45) is 0. The quantitative estimate of drug-likeness (QED) is 0.749. The molecular formula is C15H33N3. The molecule has 0 spiro atoms. The molecule has 0 radical (unpaired) electrons. The number of nitrogens with one attached hydrogen (secondary N) is 1. The Morgan fingerprint density at radius 3 is 2.06 bits per heavy atom. The van der Waals surface area contributed by atoms with Crippen LogP contribution in [-0.2, 0) is 0 Å². The van der Waals surface area contributed by atoms with Gasteiger partial charge in [-0.05, 0) is 18.4 Å². The number of likely N-dealkylation sites (N-methyl/N-ethyl adjacent to an activating group) is 1. The minimum Gasteiger partial charge on any atom is -0.315 e. The average molecular weight is 255 g/mol. The first kappa shape index (κ1) is 15.9. The molecule has 1 N–H and O–H groups in total. The van der Waals surface area contributed by atoms with Crippen molar-refractivity contribution in [1.29, 1.82) is 0 Å². The predicted octanol–water partition coefficient (Wildman–Crippen LogP) is 1.89. The zero-order valence-corrected chi connectivity index (χ0v) is 13.1. The second-order valence-corrected chi connectivity index (χ2v) is 6.35. The fraction of sp³-hybridized carbons (Fsp3) is 1.00. The molecule has 3 nitrogen and oxygen atoms in total. The molecule has 0 aliphatic carbocycles. The summed E-state index contributed by atoms with van der Waals surface area (Å²) in [5, 5.41) is 3.52. The molecule has 108 valence electrons. The van der Waals surface area contributed by atoms with Crippen LogP contribution in [0.3, 0.4) is 0 Å². The van der Waals surface area contributed by atoms with Gasteiger partial charge < -0.3 is 10.2 Å². The van der Waals surface area contributed by atoms with Crippen molar-refractivity contribution in [2.24, 2.45) is 11.8 Å². The van der Waals surface area contributed by atoms with Crippen molar-refractivity contribution < 1.29 is 0 Å². The molecule has 0 aromatic heterocycles. The fourth-order valence-electron chi connectivity index (χ4n) is 2.87. The Morgan fingerprint density at radius 1 is 1.00 bits per heavy atom. The highest BCUT2D eigenvalue weighted by Gasteiger charge is 2.25. The Kier molecular flexibility index (Phi) is 7.20. The highest BCUT2D eigenvalue weighted by Crippen LogP contribution is 2.14. The van der Waals surface area contributed by atoms with Crippen LogP contribution in [0.5, 0.6) is 0 Å². The first-order chi connectivity index (χ1) is 8.54. The number of piperazine rings is 1. The van der Waals surface area contributed by atoms with E-state index in [1.807, 2.05) is 0 Å². The van der Waals surface area contributed by atoms with Gasteiger partial charge in [0.2, 0.25) is 0 Å². The largest absolute Gasteiger partial charge is 0.315 e. The van der Waals surface area contributed by atoms with Crippen molar-refractivity contribution in [3.63, 3.8) is 0 Å². The van der Waals surface area contributed by atoms with E-state index < -0.39 is 0 Å². The van der Waals surface area contributed by atoms with E-state index in [1.54, 1.807) is 0 Å². The van der Waals surface area contributed by atoms with Crippen LogP contribution in [0.15, 0.2) is 0 Å². The molecule has 1 unspecified atom stereocenters. The Bertz CT molecular complexity index is 208. The molecule has 1 aliphatic rings. The predicted molar refractivity (Wildman–Crippen MR) is 80.0 cm³/mol. The summed E-state index contributed by atoms with van der Waals surface area (Å²) in [4.78, 5) is 5.30. The molecule has 1 rings (SSSR count). The summed E-state index contributed by atoms with van der Waals surface area (Å²) in [5.74, 6) is 1.53. The van der Waals surface area contributed by atoms with Crippen molar-refractivity contribution in [1.82, 2.24) is 15.1 Å². The molecule has 0 saturated carbocycles. The average Bonchev–Trinajstić information content (AvgIpc) is 2.30. The number of hydrogen-bond acceptors (Lipinski definition) is 3. The Labute approximate surface area is 114 Å². The van der Waals surface area contributed by atoms with E-state index in [2.05, 4.69) is 49.7 Å². The monoisotopic (exact) mass is 255 g/mol. The van der Waals surface area contributed by atoms with Gasteiger partial charge in [0.25, 0.3) is 0 Å². The van der Waals surface area contributed by atoms with Gasteiger partial charge >= 0.3 is 0 Å². The standard InChI is InChI=1S/C15H33N3/c1-6-16-11-15(14(4)5)18-9-7-17(8-10-18)12-13(2)3/h13-16H,6-12H2,1-5H3. The number of hydrogen-bond donors (Lipinski definition) is 1. The molecule has 0 bridgehead atoms. The van der Waals surface area contributed by atoms with Gasteiger partial charge in [-0.25, -0.2) is 0 Å². The molecule has 1 atom stereocenters. The zero-order chi connectivity index (χ0) is 13.5. The maximum absolute atomic E-state index is 3.52. The van der Waals surface area contributed by atoms with E-state index in [-0.39, 0.29) is 0 Å². The molecule has 0 aromatic rings. The van der Waals surface area contributed by atoms with Crippen LogP contribution < -0.4 is 5.32 Å². The maximum Gasteiger partial charge on any atom is 0.0244 e. The van der Waals surface area contributed by atoms with Crippen molar-refractivity contribution >= 4 is 0 Å². The third-order valence-corrected chi connectivity index (χ3v) is 3.87.